The second-order valence-electron chi connectivity index (χ2n) is 9.00. The molecular weight excluding hydrogens is 536 g/mol. The normalized spacial score (nSPS) is 11.4. The molecule has 0 aliphatic rings. The van der Waals surface area contributed by atoms with E-state index in [0.717, 1.165) is 5.56 Å². The molecule has 0 saturated carbocycles. The number of nitrogens with one attached hydrogen (secondary N) is 1. The van der Waals surface area contributed by atoms with Gasteiger partial charge in [-0.2, -0.15) is 5.10 Å². The van der Waals surface area contributed by atoms with Gasteiger partial charge in [0.25, 0.3) is 5.91 Å². The van der Waals surface area contributed by atoms with Gasteiger partial charge < -0.3 is 23.7 Å². The lowest BCUT2D eigenvalue weighted by atomic mass is 10.2. The lowest BCUT2D eigenvalue weighted by Crippen LogP contribution is -2.33. The van der Waals surface area contributed by atoms with Crippen molar-refractivity contribution in [2.45, 2.75) is 26.6 Å². The molecule has 1 N–H and O–H groups in total. The molecule has 1 amide bonds. The fraction of sp³-hybridized carbons (Fsp3) is 0.182. The Hall–Kier alpha value is -5.31. The molecule has 42 heavy (non-hydrogen) atoms. The van der Waals surface area contributed by atoms with Crippen LogP contribution < -0.4 is 29.1 Å². The maximum Gasteiger partial charge on any atom is 0.343 e. The zero-order valence-electron chi connectivity index (χ0n) is 23.6. The number of benzene rings is 4. The molecular formula is C33H32N2O7. The lowest BCUT2D eigenvalue weighted by molar-refractivity contribution is -0.127. The van der Waals surface area contributed by atoms with E-state index in [1.807, 2.05) is 37.3 Å². The minimum atomic E-state index is -0.794. The largest absolute Gasteiger partial charge is 0.497 e. The number of esters is 1. The van der Waals surface area contributed by atoms with Crippen LogP contribution in [0.2, 0.25) is 0 Å². The van der Waals surface area contributed by atoms with E-state index in [-0.39, 0.29) is 5.75 Å². The topological polar surface area (TPSA) is 105 Å². The van der Waals surface area contributed by atoms with Crippen LogP contribution >= 0.6 is 0 Å². The first-order chi connectivity index (χ1) is 20.4. The van der Waals surface area contributed by atoms with Gasteiger partial charge in [0.15, 0.2) is 17.6 Å². The molecule has 0 aliphatic carbocycles. The molecule has 0 aromatic heterocycles. The van der Waals surface area contributed by atoms with Crippen molar-refractivity contribution in [1.82, 2.24) is 5.43 Å². The van der Waals surface area contributed by atoms with E-state index in [1.54, 1.807) is 80.8 Å². The third-order valence-corrected chi connectivity index (χ3v) is 5.94. The highest BCUT2D eigenvalue weighted by Crippen LogP contribution is 2.29. The third-order valence-electron chi connectivity index (χ3n) is 5.94. The van der Waals surface area contributed by atoms with Gasteiger partial charge >= 0.3 is 5.97 Å². The molecule has 0 bridgehead atoms. The quantitative estimate of drug-likeness (QED) is 0.0939. The summed E-state index contributed by atoms with van der Waals surface area (Å²) >= 11 is 0. The molecule has 0 aliphatic heterocycles. The van der Waals surface area contributed by atoms with E-state index in [4.69, 9.17) is 23.7 Å². The highest BCUT2D eigenvalue weighted by molar-refractivity contribution is 5.92. The summed E-state index contributed by atoms with van der Waals surface area (Å²) in [5, 5.41) is 4.03. The van der Waals surface area contributed by atoms with Crippen molar-refractivity contribution in [3.05, 3.63) is 114 Å². The smallest absolute Gasteiger partial charge is 0.343 e. The SMILES string of the molecule is CCOc1cc(/C=N/NC(=O)C(C)Oc2ccc(OCc3ccccc3)cc2)ccc1OC(=O)c1ccc(OC)cc1. The van der Waals surface area contributed by atoms with Crippen molar-refractivity contribution in [2.24, 2.45) is 5.10 Å². The Kier molecular flexibility index (Phi) is 10.5. The van der Waals surface area contributed by atoms with Crippen LogP contribution in [0.5, 0.6) is 28.7 Å². The lowest BCUT2D eigenvalue weighted by Gasteiger charge is -2.14. The molecule has 0 heterocycles. The Morgan fingerprint density at radius 1 is 0.833 bits per heavy atom. The highest BCUT2D eigenvalue weighted by Gasteiger charge is 2.15. The third kappa shape index (κ3) is 8.59. The van der Waals surface area contributed by atoms with Crippen LogP contribution in [0.25, 0.3) is 0 Å². The first kappa shape index (κ1) is 29.7. The van der Waals surface area contributed by atoms with Gasteiger partial charge in [-0.3, -0.25) is 4.79 Å². The number of methoxy groups -OCH3 is 1. The van der Waals surface area contributed by atoms with E-state index >= 15 is 0 Å². The summed E-state index contributed by atoms with van der Waals surface area (Å²) in [5.41, 5.74) is 4.54. The number of hydrogen-bond donors (Lipinski definition) is 1. The molecule has 0 radical (unpaired) electrons. The zero-order valence-corrected chi connectivity index (χ0v) is 23.6. The number of hydrazone groups is 1. The van der Waals surface area contributed by atoms with Crippen molar-refractivity contribution in [3.63, 3.8) is 0 Å². The second-order valence-corrected chi connectivity index (χ2v) is 9.00. The fourth-order valence-corrected chi connectivity index (χ4v) is 3.72. The molecule has 216 valence electrons. The Bertz CT molecular complexity index is 1490. The summed E-state index contributed by atoms with van der Waals surface area (Å²) in [6, 6.07) is 28.5. The second kappa shape index (κ2) is 14.9. The zero-order chi connectivity index (χ0) is 29.7. The summed E-state index contributed by atoms with van der Waals surface area (Å²) in [4.78, 5) is 25.1. The van der Waals surface area contributed by atoms with E-state index in [9.17, 15) is 9.59 Å². The van der Waals surface area contributed by atoms with Crippen LogP contribution in [0.3, 0.4) is 0 Å². The summed E-state index contributed by atoms with van der Waals surface area (Å²) in [6.45, 7) is 4.27. The van der Waals surface area contributed by atoms with Gasteiger partial charge in [-0.05, 0) is 91.7 Å². The Balaban J connectivity index is 1.29. The van der Waals surface area contributed by atoms with Crippen molar-refractivity contribution >= 4 is 18.1 Å². The van der Waals surface area contributed by atoms with Crippen LogP contribution in [-0.4, -0.2) is 37.9 Å². The Morgan fingerprint density at radius 2 is 1.52 bits per heavy atom. The number of nitrogens with zero attached hydrogens (tertiary/aromatic N) is 1. The van der Waals surface area contributed by atoms with Gasteiger partial charge in [-0.15, -0.1) is 0 Å². The van der Waals surface area contributed by atoms with Gasteiger partial charge in [0.05, 0.1) is 25.5 Å². The summed E-state index contributed by atoms with van der Waals surface area (Å²) in [6.07, 6.45) is 0.665. The molecule has 0 spiro atoms. The van der Waals surface area contributed by atoms with Crippen molar-refractivity contribution in [1.29, 1.82) is 0 Å². The molecule has 4 aromatic carbocycles. The predicted molar refractivity (Wildman–Crippen MR) is 159 cm³/mol. The first-order valence-corrected chi connectivity index (χ1v) is 13.3. The number of amides is 1. The standard InChI is InChI=1S/C33H32N2O7/c1-4-39-31-20-25(10-19-30(31)42-33(37)26-11-13-27(38-3)14-12-26)21-34-35-32(36)23(2)41-29-17-15-28(16-18-29)40-22-24-8-6-5-7-9-24/h5-21,23H,4,22H2,1-3H3,(H,35,36)/b34-21+. The number of ether oxygens (including phenoxy) is 5. The van der Waals surface area contributed by atoms with Crippen molar-refractivity contribution < 1.29 is 33.3 Å². The van der Waals surface area contributed by atoms with E-state index in [0.29, 0.717) is 47.3 Å². The number of carbonyl (C=O) groups excluding carboxylic acids is 2. The van der Waals surface area contributed by atoms with E-state index in [1.165, 1.54) is 6.21 Å². The first-order valence-electron chi connectivity index (χ1n) is 13.3. The minimum absolute atomic E-state index is 0.261. The summed E-state index contributed by atoms with van der Waals surface area (Å²) in [5.74, 6) is 1.52. The number of hydrogen-bond acceptors (Lipinski definition) is 8. The van der Waals surface area contributed by atoms with E-state index in [2.05, 4.69) is 10.5 Å². The Labute approximate surface area is 244 Å². The number of carbonyl (C=O) groups is 2. The molecule has 1 atom stereocenters. The highest BCUT2D eigenvalue weighted by atomic mass is 16.6. The average molecular weight is 569 g/mol. The molecule has 1 unspecified atom stereocenters. The van der Waals surface area contributed by atoms with Crippen LogP contribution in [0.1, 0.15) is 35.3 Å². The van der Waals surface area contributed by atoms with E-state index < -0.39 is 18.0 Å². The maximum absolute atomic E-state index is 12.6. The van der Waals surface area contributed by atoms with Crippen molar-refractivity contribution in [3.8, 4) is 28.7 Å². The fourth-order valence-electron chi connectivity index (χ4n) is 3.72. The van der Waals surface area contributed by atoms with Gasteiger partial charge in [0, 0.05) is 0 Å². The van der Waals surface area contributed by atoms with Gasteiger partial charge in [-0.1, -0.05) is 30.3 Å². The predicted octanol–water partition coefficient (Wildman–Crippen LogP) is 5.81. The maximum atomic E-state index is 12.6. The summed E-state index contributed by atoms with van der Waals surface area (Å²) in [7, 11) is 1.55. The van der Waals surface area contributed by atoms with Crippen LogP contribution in [0.15, 0.2) is 102 Å². The monoisotopic (exact) mass is 568 g/mol. The minimum Gasteiger partial charge on any atom is -0.497 e. The van der Waals surface area contributed by atoms with Gasteiger partial charge in [0.1, 0.15) is 23.9 Å². The van der Waals surface area contributed by atoms with Crippen LogP contribution in [0.4, 0.5) is 0 Å². The molecule has 4 aromatic rings. The molecule has 0 fully saturated rings. The number of rotatable bonds is 13. The molecule has 0 saturated heterocycles. The molecule has 4 rings (SSSR count). The molecule has 9 heteroatoms. The average Bonchev–Trinajstić information content (AvgIpc) is 3.02. The molecule has 9 nitrogen and oxygen atoms in total. The summed E-state index contributed by atoms with van der Waals surface area (Å²) < 4.78 is 27.8. The Morgan fingerprint density at radius 3 is 2.21 bits per heavy atom. The van der Waals surface area contributed by atoms with Crippen molar-refractivity contribution in [2.75, 3.05) is 13.7 Å². The van der Waals surface area contributed by atoms with Gasteiger partial charge in [-0.25, -0.2) is 10.2 Å². The van der Waals surface area contributed by atoms with Gasteiger partial charge in [0.2, 0.25) is 0 Å². The van der Waals surface area contributed by atoms with Crippen LogP contribution in [-0.2, 0) is 11.4 Å². The van der Waals surface area contributed by atoms with Crippen LogP contribution in [0, 0.1) is 0 Å².